The van der Waals surface area contributed by atoms with Crippen molar-refractivity contribution in [3.05, 3.63) is 55.7 Å². The first kappa shape index (κ1) is 15.2. The number of rotatable bonds is 2. The van der Waals surface area contributed by atoms with Gasteiger partial charge in [0.05, 0.1) is 5.38 Å². The van der Waals surface area contributed by atoms with Gasteiger partial charge in [0.1, 0.15) is 0 Å². The van der Waals surface area contributed by atoms with E-state index in [-0.39, 0.29) is 10.8 Å². The topological polar surface area (TPSA) is 0 Å². The third kappa shape index (κ3) is 3.46. The predicted octanol–water partition coefficient (Wildman–Crippen LogP) is 6.68. The molecule has 0 N–H and O–H groups in total. The number of thiophene rings is 1. The molecule has 0 nitrogen and oxygen atoms in total. The maximum Gasteiger partial charge on any atom is 0.0942 e. The van der Waals surface area contributed by atoms with E-state index in [1.807, 2.05) is 6.07 Å². The van der Waals surface area contributed by atoms with Crippen molar-refractivity contribution in [1.29, 1.82) is 0 Å². The maximum atomic E-state index is 6.54. The second-order valence-electron chi connectivity index (χ2n) is 5.48. The summed E-state index contributed by atoms with van der Waals surface area (Å²) >= 11 is 20.5. The molecule has 0 aliphatic heterocycles. The SMILES string of the molecule is CC(C)(C)c1ccc(C(Cl)c2cc(Cl)ccc2Cl)s1. The molecule has 0 saturated heterocycles. The van der Waals surface area contributed by atoms with Crippen molar-refractivity contribution >= 4 is 46.1 Å². The van der Waals surface area contributed by atoms with Crippen LogP contribution in [0.4, 0.5) is 0 Å². The lowest BCUT2D eigenvalue weighted by Crippen LogP contribution is -2.07. The molecule has 0 bridgehead atoms. The van der Waals surface area contributed by atoms with Gasteiger partial charge in [0, 0.05) is 19.8 Å². The standard InChI is InChI=1S/C15H15Cl3S/c1-15(2,3)13-7-6-12(19-13)14(18)10-8-9(16)4-5-11(10)17/h4-8,14H,1-3H3. The molecule has 0 aliphatic carbocycles. The van der Waals surface area contributed by atoms with Gasteiger partial charge in [-0.2, -0.15) is 0 Å². The Morgan fingerprint density at radius 3 is 2.32 bits per heavy atom. The van der Waals surface area contributed by atoms with Gasteiger partial charge in [-0.05, 0) is 41.3 Å². The molecule has 19 heavy (non-hydrogen) atoms. The molecule has 0 fully saturated rings. The van der Waals surface area contributed by atoms with E-state index in [2.05, 4.69) is 32.9 Å². The van der Waals surface area contributed by atoms with Crippen LogP contribution in [-0.2, 0) is 5.41 Å². The summed E-state index contributed by atoms with van der Waals surface area (Å²) in [5, 5.41) is 1.04. The summed E-state index contributed by atoms with van der Waals surface area (Å²) in [7, 11) is 0. The molecule has 2 rings (SSSR count). The highest BCUT2D eigenvalue weighted by atomic mass is 35.5. The van der Waals surface area contributed by atoms with Gasteiger partial charge in [-0.25, -0.2) is 0 Å². The van der Waals surface area contributed by atoms with Crippen molar-refractivity contribution < 1.29 is 0 Å². The van der Waals surface area contributed by atoms with Crippen LogP contribution in [0.15, 0.2) is 30.3 Å². The van der Waals surface area contributed by atoms with Crippen molar-refractivity contribution in [2.24, 2.45) is 0 Å². The zero-order chi connectivity index (χ0) is 14.2. The predicted molar refractivity (Wildman–Crippen MR) is 87.2 cm³/mol. The molecule has 102 valence electrons. The molecule has 4 heteroatoms. The largest absolute Gasteiger partial charge is 0.143 e. The molecular formula is C15H15Cl3S. The van der Waals surface area contributed by atoms with E-state index in [1.54, 1.807) is 23.5 Å². The third-order valence-corrected chi connectivity index (χ3v) is 5.60. The van der Waals surface area contributed by atoms with Crippen LogP contribution in [-0.4, -0.2) is 0 Å². The highest BCUT2D eigenvalue weighted by molar-refractivity contribution is 7.12. The quantitative estimate of drug-likeness (QED) is 0.538. The van der Waals surface area contributed by atoms with E-state index >= 15 is 0 Å². The van der Waals surface area contributed by atoms with Gasteiger partial charge in [0.2, 0.25) is 0 Å². The minimum absolute atomic E-state index is 0.137. The smallest absolute Gasteiger partial charge is 0.0942 e. The van der Waals surface area contributed by atoms with Gasteiger partial charge >= 0.3 is 0 Å². The average Bonchev–Trinajstić information content (AvgIpc) is 2.80. The average molecular weight is 334 g/mol. The van der Waals surface area contributed by atoms with Gasteiger partial charge < -0.3 is 0 Å². The van der Waals surface area contributed by atoms with E-state index in [4.69, 9.17) is 34.8 Å². The number of halogens is 3. The zero-order valence-electron chi connectivity index (χ0n) is 11.0. The van der Waals surface area contributed by atoms with Gasteiger partial charge in [-0.3, -0.25) is 0 Å². The number of alkyl halides is 1. The summed E-state index contributed by atoms with van der Waals surface area (Å²) in [4.78, 5) is 2.40. The second kappa shape index (κ2) is 5.65. The van der Waals surface area contributed by atoms with Crippen molar-refractivity contribution in [2.75, 3.05) is 0 Å². The van der Waals surface area contributed by atoms with Crippen LogP contribution in [0.25, 0.3) is 0 Å². The first-order valence-corrected chi connectivity index (χ1v) is 7.99. The van der Waals surface area contributed by atoms with Crippen molar-refractivity contribution in [2.45, 2.75) is 31.6 Å². The van der Waals surface area contributed by atoms with E-state index in [9.17, 15) is 0 Å². The third-order valence-electron chi connectivity index (χ3n) is 2.85. The fourth-order valence-corrected chi connectivity index (χ4v) is 3.67. The van der Waals surface area contributed by atoms with E-state index in [0.29, 0.717) is 10.0 Å². The first-order chi connectivity index (χ1) is 8.79. The summed E-state index contributed by atoms with van der Waals surface area (Å²) in [5.74, 6) is 0. The first-order valence-electron chi connectivity index (χ1n) is 5.98. The minimum Gasteiger partial charge on any atom is -0.143 e. The summed E-state index contributed by atoms with van der Waals surface area (Å²) in [6, 6.07) is 9.59. The summed E-state index contributed by atoms with van der Waals surface area (Å²) in [6.45, 7) is 6.58. The zero-order valence-corrected chi connectivity index (χ0v) is 14.1. The Morgan fingerprint density at radius 1 is 1.05 bits per heavy atom. The minimum atomic E-state index is -0.257. The van der Waals surface area contributed by atoms with E-state index < -0.39 is 0 Å². The molecule has 2 aromatic rings. The molecule has 1 heterocycles. The molecule has 1 aromatic heterocycles. The number of benzene rings is 1. The second-order valence-corrected chi connectivity index (χ2v) is 7.88. The van der Waals surface area contributed by atoms with Gasteiger partial charge in [-0.1, -0.05) is 44.0 Å². The molecule has 0 spiro atoms. The van der Waals surface area contributed by atoms with E-state index in [1.165, 1.54) is 4.88 Å². The molecule has 1 atom stereocenters. The van der Waals surface area contributed by atoms with Crippen LogP contribution in [0.1, 0.15) is 41.5 Å². The molecule has 0 amide bonds. The highest BCUT2D eigenvalue weighted by Crippen LogP contribution is 2.40. The van der Waals surface area contributed by atoms with Crippen molar-refractivity contribution in [3.8, 4) is 0 Å². The van der Waals surface area contributed by atoms with Crippen LogP contribution >= 0.6 is 46.1 Å². The van der Waals surface area contributed by atoms with Crippen molar-refractivity contribution in [1.82, 2.24) is 0 Å². The Morgan fingerprint density at radius 2 is 1.74 bits per heavy atom. The number of hydrogen-bond donors (Lipinski definition) is 0. The van der Waals surface area contributed by atoms with Crippen LogP contribution in [0.3, 0.4) is 0 Å². The summed E-state index contributed by atoms with van der Waals surface area (Å²) < 4.78 is 0. The maximum absolute atomic E-state index is 6.54. The molecular weight excluding hydrogens is 319 g/mol. The Balaban J connectivity index is 2.36. The Labute approximate surface area is 133 Å². The van der Waals surface area contributed by atoms with Gasteiger partial charge in [0.15, 0.2) is 0 Å². The molecule has 1 unspecified atom stereocenters. The summed E-state index contributed by atoms with van der Waals surface area (Å²) in [6.07, 6.45) is 0. The Kier molecular flexibility index (Phi) is 4.52. The van der Waals surface area contributed by atoms with Gasteiger partial charge in [0.25, 0.3) is 0 Å². The lowest BCUT2D eigenvalue weighted by Gasteiger charge is -2.16. The highest BCUT2D eigenvalue weighted by Gasteiger charge is 2.21. The number of hydrogen-bond acceptors (Lipinski definition) is 1. The molecule has 0 aliphatic rings. The fourth-order valence-electron chi connectivity index (χ4n) is 1.75. The van der Waals surface area contributed by atoms with Crippen molar-refractivity contribution in [3.63, 3.8) is 0 Å². The lowest BCUT2D eigenvalue weighted by atomic mass is 9.95. The fraction of sp³-hybridized carbons (Fsp3) is 0.333. The Bertz CT molecular complexity index is 581. The van der Waals surface area contributed by atoms with Crippen LogP contribution in [0, 0.1) is 0 Å². The Hall–Kier alpha value is -0.210. The van der Waals surface area contributed by atoms with Crippen LogP contribution in [0.5, 0.6) is 0 Å². The van der Waals surface area contributed by atoms with Crippen LogP contribution in [0.2, 0.25) is 10.0 Å². The van der Waals surface area contributed by atoms with Gasteiger partial charge in [-0.15, -0.1) is 22.9 Å². The lowest BCUT2D eigenvalue weighted by molar-refractivity contribution is 0.604. The van der Waals surface area contributed by atoms with Crippen LogP contribution < -0.4 is 0 Å². The molecule has 0 saturated carbocycles. The summed E-state index contributed by atoms with van der Waals surface area (Å²) in [5.41, 5.74) is 0.996. The molecule has 0 radical (unpaired) electrons. The molecule has 1 aromatic carbocycles. The normalized spacial score (nSPS) is 13.6. The monoisotopic (exact) mass is 332 g/mol. The van der Waals surface area contributed by atoms with E-state index in [0.717, 1.165) is 10.4 Å².